The van der Waals surface area contributed by atoms with Gasteiger partial charge in [0.2, 0.25) is 0 Å². The lowest BCUT2D eigenvalue weighted by Crippen LogP contribution is -2.39. The molecule has 1 heterocycles. The van der Waals surface area contributed by atoms with Gasteiger partial charge in [0.25, 0.3) is 0 Å². The molecule has 0 bridgehead atoms. The molecule has 8 heteroatoms. The van der Waals surface area contributed by atoms with Crippen LogP contribution in [0.15, 0.2) is 65.8 Å². The summed E-state index contributed by atoms with van der Waals surface area (Å²) in [6, 6.07) is 14.9. The molecule has 1 aromatic heterocycles. The summed E-state index contributed by atoms with van der Waals surface area (Å²) in [5.74, 6) is 0.201. The van der Waals surface area contributed by atoms with E-state index in [2.05, 4.69) is 20.7 Å². The summed E-state index contributed by atoms with van der Waals surface area (Å²) >= 11 is 0. The Bertz CT molecular complexity index is 925. The van der Waals surface area contributed by atoms with Crippen molar-refractivity contribution >= 4 is 29.9 Å². The molecule has 154 valence electrons. The highest BCUT2D eigenvalue weighted by Crippen LogP contribution is 2.09. The average molecular weight is 511 g/mol. The Morgan fingerprint density at radius 1 is 0.966 bits per heavy atom. The fourth-order valence-corrected chi connectivity index (χ4v) is 2.78. The maximum atomic E-state index is 13.6. The molecule has 0 aliphatic carbocycles. The van der Waals surface area contributed by atoms with Crippen LogP contribution < -0.4 is 10.6 Å². The minimum atomic E-state index is -0.269. The number of nitrogens with zero attached hydrogens (tertiary/aromatic N) is 3. The van der Waals surface area contributed by atoms with E-state index < -0.39 is 0 Å². The van der Waals surface area contributed by atoms with Crippen molar-refractivity contribution < 1.29 is 8.78 Å². The molecule has 0 spiro atoms. The minimum absolute atomic E-state index is 0. The third kappa shape index (κ3) is 6.81. The van der Waals surface area contributed by atoms with Gasteiger partial charge in [0, 0.05) is 32.8 Å². The molecule has 0 amide bonds. The van der Waals surface area contributed by atoms with Crippen LogP contribution in [0.25, 0.3) is 5.69 Å². The number of rotatable bonds is 7. The molecule has 0 aliphatic heterocycles. The zero-order valence-corrected chi connectivity index (χ0v) is 18.4. The monoisotopic (exact) mass is 511 g/mol. The summed E-state index contributed by atoms with van der Waals surface area (Å²) in [6.07, 6.45) is 3.14. The second-order valence-electron chi connectivity index (χ2n) is 6.25. The molecule has 2 aromatic carbocycles. The number of hydrogen-bond donors (Lipinski definition) is 2. The molecule has 29 heavy (non-hydrogen) atoms. The standard InChI is InChI=1S/C21H23F2N5.HI/c1-24-21(25-13-10-16-4-2-3-5-20(16)23)26-14-11-18-12-15-28(27-18)19-8-6-17(22)7-9-19;/h2-9,12,15H,10-11,13-14H2,1H3,(H2,24,25,26);1H. The molecule has 2 N–H and O–H groups in total. The molecule has 0 aliphatic rings. The first kappa shape index (κ1) is 22.8. The molecule has 0 unspecified atom stereocenters. The van der Waals surface area contributed by atoms with Crippen molar-refractivity contribution in [3.63, 3.8) is 0 Å². The molecular formula is C21H24F2IN5. The van der Waals surface area contributed by atoms with Crippen LogP contribution in [0.4, 0.5) is 8.78 Å². The van der Waals surface area contributed by atoms with Gasteiger partial charge in [-0.1, -0.05) is 18.2 Å². The summed E-state index contributed by atoms with van der Waals surface area (Å²) in [5.41, 5.74) is 2.40. The lowest BCUT2D eigenvalue weighted by molar-refractivity contribution is 0.606. The Balaban J connectivity index is 0.00000300. The molecule has 3 aromatic rings. The Kier molecular flexibility index (Phi) is 9.04. The molecule has 5 nitrogen and oxygen atoms in total. The summed E-state index contributed by atoms with van der Waals surface area (Å²) < 4.78 is 28.4. The van der Waals surface area contributed by atoms with E-state index in [-0.39, 0.29) is 35.6 Å². The van der Waals surface area contributed by atoms with E-state index >= 15 is 0 Å². The van der Waals surface area contributed by atoms with Gasteiger partial charge < -0.3 is 10.6 Å². The van der Waals surface area contributed by atoms with Crippen LogP contribution in [-0.2, 0) is 12.8 Å². The van der Waals surface area contributed by atoms with Crippen molar-refractivity contribution in [1.29, 1.82) is 0 Å². The number of halogens is 3. The third-order valence-electron chi connectivity index (χ3n) is 4.28. The molecule has 0 fully saturated rings. The van der Waals surface area contributed by atoms with Gasteiger partial charge in [0.05, 0.1) is 11.4 Å². The Morgan fingerprint density at radius 2 is 1.66 bits per heavy atom. The molecule has 0 saturated carbocycles. The van der Waals surface area contributed by atoms with Crippen LogP contribution in [0, 0.1) is 11.6 Å². The SMILES string of the molecule is CN=C(NCCc1ccn(-c2ccc(F)cc2)n1)NCCc1ccccc1F.I. The van der Waals surface area contributed by atoms with Gasteiger partial charge in [0.1, 0.15) is 11.6 Å². The highest BCUT2D eigenvalue weighted by atomic mass is 127. The number of aliphatic imine (C=N–C) groups is 1. The van der Waals surface area contributed by atoms with E-state index in [1.165, 1.54) is 18.2 Å². The van der Waals surface area contributed by atoms with Crippen LogP contribution in [0.5, 0.6) is 0 Å². The Labute approximate surface area is 186 Å². The first-order valence-electron chi connectivity index (χ1n) is 9.14. The normalized spacial score (nSPS) is 11.1. The van der Waals surface area contributed by atoms with E-state index in [1.807, 2.05) is 18.3 Å². The van der Waals surface area contributed by atoms with Gasteiger partial charge in [-0.15, -0.1) is 24.0 Å². The molecule has 0 saturated heterocycles. The van der Waals surface area contributed by atoms with E-state index in [1.54, 1.807) is 36.0 Å². The molecule has 3 rings (SSSR count). The number of aromatic nitrogens is 2. The van der Waals surface area contributed by atoms with Crippen molar-refractivity contribution in [2.75, 3.05) is 20.1 Å². The van der Waals surface area contributed by atoms with Crippen LogP contribution >= 0.6 is 24.0 Å². The summed E-state index contributed by atoms with van der Waals surface area (Å²) in [6.45, 7) is 1.24. The van der Waals surface area contributed by atoms with Crippen LogP contribution in [0.2, 0.25) is 0 Å². The van der Waals surface area contributed by atoms with Crippen molar-refractivity contribution in [1.82, 2.24) is 20.4 Å². The van der Waals surface area contributed by atoms with Crippen molar-refractivity contribution in [3.8, 4) is 5.69 Å². The summed E-state index contributed by atoms with van der Waals surface area (Å²) in [7, 11) is 1.70. The minimum Gasteiger partial charge on any atom is -0.356 e. The number of nitrogens with one attached hydrogen (secondary N) is 2. The Morgan fingerprint density at radius 3 is 2.34 bits per heavy atom. The fraction of sp³-hybridized carbons (Fsp3) is 0.238. The number of benzene rings is 2. The van der Waals surface area contributed by atoms with Gasteiger partial charge >= 0.3 is 0 Å². The highest BCUT2D eigenvalue weighted by molar-refractivity contribution is 14.0. The first-order valence-corrected chi connectivity index (χ1v) is 9.14. The molecular weight excluding hydrogens is 487 g/mol. The average Bonchev–Trinajstić information content (AvgIpc) is 3.17. The lowest BCUT2D eigenvalue weighted by atomic mass is 10.1. The first-order chi connectivity index (χ1) is 13.7. The van der Waals surface area contributed by atoms with E-state index in [9.17, 15) is 8.78 Å². The zero-order chi connectivity index (χ0) is 19.8. The number of guanidine groups is 1. The van der Waals surface area contributed by atoms with Crippen LogP contribution in [-0.4, -0.2) is 35.9 Å². The lowest BCUT2D eigenvalue weighted by Gasteiger charge is -2.11. The summed E-state index contributed by atoms with van der Waals surface area (Å²) in [5, 5.41) is 10.9. The maximum Gasteiger partial charge on any atom is 0.190 e. The second-order valence-corrected chi connectivity index (χ2v) is 6.25. The summed E-state index contributed by atoms with van der Waals surface area (Å²) in [4.78, 5) is 4.17. The predicted molar refractivity (Wildman–Crippen MR) is 122 cm³/mol. The Hall–Kier alpha value is -2.49. The topological polar surface area (TPSA) is 54.2 Å². The van der Waals surface area contributed by atoms with Crippen molar-refractivity contribution in [2.24, 2.45) is 4.99 Å². The van der Waals surface area contributed by atoms with Gasteiger partial charge in [-0.2, -0.15) is 5.10 Å². The van der Waals surface area contributed by atoms with Gasteiger partial charge in [0.15, 0.2) is 5.96 Å². The molecule has 0 atom stereocenters. The smallest absolute Gasteiger partial charge is 0.190 e. The molecule has 0 radical (unpaired) electrons. The quantitative estimate of drug-likeness (QED) is 0.289. The van der Waals surface area contributed by atoms with E-state index in [0.717, 1.165) is 11.4 Å². The van der Waals surface area contributed by atoms with E-state index in [4.69, 9.17) is 0 Å². The van der Waals surface area contributed by atoms with Crippen molar-refractivity contribution in [3.05, 3.63) is 83.7 Å². The van der Waals surface area contributed by atoms with Crippen LogP contribution in [0.1, 0.15) is 11.3 Å². The maximum absolute atomic E-state index is 13.6. The largest absolute Gasteiger partial charge is 0.356 e. The zero-order valence-electron chi connectivity index (χ0n) is 16.1. The fourth-order valence-electron chi connectivity index (χ4n) is 2.78. The van der Waals surface area contributed by atoms with Gasteiger partial charge in [-0.25, -0.2) is 13.5 Å². The van der Waals surface area contributed by atoms with Gasteiger partial charge in [-0.05, 0) is 48.4 Å². The van der Waals surface area contributed by atoms with Gasteiger partial charge in [-0.3, -0.25) is 4.99 Å². The number of hydrogen-bond acceptors (Lipinski definition) is 2. The highest BCUT2D eigenvalue weighted by Gasteiger charge is 2.04. The van der Waals surface area contributed by atoms with E-state index in [0.29, 0.717) is 37.5 Å². The second kappa shape index (κ2) is 11.5. The van der Waals surface area contributed by atoms with Crippen molar-refractivity contribution in [2.45, 2.75) is 12.8 Å². The predicted octanol–water partition coefficient (Wildman–Crippen LogP) is 3.72. The van der Waals surface area contributed by atoms with Crippen LogP contribution in [0.3, 0.4) is 0 Å². The third-order valence-corrected chi connectivity index (χ3v) is 4.28.